The lowest BCUT2D eigenvalue weighted by Gasteiger charge is -2.31. The Morgan fingerprint density at radius 1 is 1.48 bits per heavy atom. The number of oxazole rings is 1. The maximum Gasteiger partial charge on any atom is 0.306 e. The molecular weight excluding hydrogens is 344 g/mol. The van der Waals surface area contributed by atoms with Gasteiger partial charge in [0, 0.05) is 26.6 Å². The van der Waals surface area contributed by atoms with Crippen molar-refractivity contribution in [3.8, 4) is 11.5 Å². The van der Waals surface area contributed by atoms with Crippen molar-refractivity contribution in [2.75, 3.05) is 30.4 Å². The maximum absolute atomic E-state index is 11.1. The van der Waals surface area contributed by atoms with Crippen LogP contribution in [-0.4, -0.2) is 41.2 Å². The maximum atomic E-state index is 11.1. The zero-order valence-corrected chi connectivity index (χ0v) is 15.0. The van der Waals surface area contributed by atoms with Crippen LogP contribution in [0.15, 0.2) is 16.7 Å². The van der Waals surface area contributed by atoms with Gasteiger partial charge in [0.05, 0.1) is 22.7 Å². The quantitative estimate of drug-likeness (QED) is 0.840. The minimum atomic E-state index is -0.736. The third kappa shape index (κ3) is 3.56. The first-order chi connectivity index (χ1) is 12.0. The molecule has 0 amide bonds. The second-order valence-electron chi connectivity index (χ2n) is 6.02. The summed E-state index contributed by atoms with van der Waals surface area (Å²) in [6.07, 6.45) is 3.64. The highest BCUT2D eigenvalue weighted by Crippen LogP contribution is 2.35. The number of aliphatic carboxylic acids is 1. The van der Waals surface area contributed by atoms with E-state index >= 15 is 0 Å². The van der Waals surface area contributed by atoms with Gasteiger partial charge in [-0.3, -0.25) is 4.79 Å². The molecule has 2 N–H and O–H groups in total. The van der Waals surface area contributed by atoms with Crippen molar-refractivity contribution in [1.29, 1.82) is 0 Å². The van der Waals surface area contributed by atoms with Gasteiger partial charge in [0.2, 0.25) is 5.89 Å². The number of hydrogen-bond acceptors (Lipinski definition) is 6. The molecule has 2 aromatic rings. The molecule has 3 heterocycles. The molecule has 25 heavy (non-hydrogen) atoms. The van der Waals surface area contributed by atoms with Crippen LogP contribution in [0.5, 0.6) is 0 Å². The molecule has 1 saturated heterocycles. The Kier molecular flexibility index (Phi) is 5.13. The second-order valence-corrected chi connectivity index (χ2v) is 6.43. The fourth-order valence-corrected chi connectivity index (χ4v) is 3.26. The van der Waals surface area contributed by atoms with E-state index in [4.69, 9.17) is 21.1 Å². The SMILES string of the molecule is CCc1cnc(-c2cc(Cl)c(N3CCC(C(=O)O)CC3)nc2NC)o1. The van der Waals surface area contributed by atoms with Gasteiger partial charge in [0.1, 0.15) is 17.4 Å². The van der Waals surface area contributed by atoms with Crippen molar-refractivity contribution < 1.29 is 14.3 Å². The lowest BCUT2D eigenvalue weighted by Crippen LogP contribution is -2.37. The first kappa shape index (κ1) is 17.5. The average Bonchev–Trinajstić information content (AvgIpc) is 3.10. The lowest BCUT2D eigenvalue weighted by molar-refractivity contribution is -0.142. The summed E-state index contributed by atoms with van der Waals surface area (Å²) in [6, 6.07) is 1.80. The number of aromatic nitrogens is 2. The third-order valence-electron chi connectivity index (χ3n) is 4.47. The zero-order chi connectivity index (χ0) is 18.0. The van der Waals surface area contributed by atoms with Crippen LogP contribution in [0.25, 0.3) is 11.5 Å². The number of piperidine rings is 1. The molecule has 0 saturated carbocycles. The first-order valence-electron chi connectivity index (χ1n) is 8.34. The molecule has 134 valence electrons. The van der Waals surface area contributed by atoms with Crippen LogP contribution in [0.2, 0.25) is 5.02 Å². The van der Waals surface area contributed by atoms with E-state index in [1.807, 2.05) is 11.8 Å². The number of carboxylic acid groups (broad SMARTS) is 1. The summed E-state index contributed by atoms with van der Waals surface area (Å²) >= 11 is 6.46. The number of nitrogens with one attached hydrogen (secondary N) is 1. The Hall–Kier alpha value is -2.28. The van der Waals surface area contributed by atoms with E-state index in [0.717, 1.165) is 12.2 Å². The summed E-state index contributed by atoms with van der Waals surface area (Å²) in [6.45, 7) is 3.23. The van der Waals surface area contributed by atoms with Crippen molar-refractivity contribution in [2.24, 2.45) is 5.92 Å². The summed E-state index contributed by atoms with van der Waals surface area (Å²) in [5.74, 6) is 1.53. The molecule has 0 unspecified atom stereocenters. The largest absolute Gasteiger partial charge is 0.481 e. The highest BCUT2D eigenvalue weighted by Gasteiger charge is 2.27. The number of halogens is 1. The van der Waals surface area contributed by atoms with Gasteiger partial charge < -0.3 is 19.7 Å². The predicted molar refractivity (Wildman–Crippen MR) is 96.2 cm³/mol. The monoisotopic (exact) mass is 364 g/mol. The van der Waals surface area contributed by atoms with Crippen molar-refractivity contribution in [3.63, 3.8) is 0 Å². The van der Waals surface area contributed by atoms with E-state index in [0.29, 0.717) is 54.0 Å². The number of nitrogens with zero attached hydrogens (tertiary/aromatic N) is 3. The van der Waals surface area contributed by atoms with Crippen LogP contribution >= 0.6 is 11.6 Å². The van der Waals surface area contributed by atoms with Gasteiger partial charge in [0.25, 0.3) is 0 Å². The first-order valence-corrected chi connectivity index (χ1v) is 8.72. The van der Waals surface area contributed by atoms with Gasteiger partial charge in [-0.15, -0.1) is 0 Å². The highest BCUT2D eigenvalue weighted by atomic mass is 35.5. The standard InChI is InChI=1S/C17H21ClN4O3/c1-3-11-9-20-16(25-11)12-8-13(18)15(21-14(12)19-2)22-6-4-10(5-7-22)17(23)24/h8-10H,3-7H2,1-2H3,(H,19,21)(H,23,24). The average molecular weight is 365 g/mol. The minimum absolute atomic E-state index is 0.294. The Labute approximate surface area is 151 Å². The minimum Gasteiger partial charge on any atom is -0.481 e. The molecule has 0 aliphatic carbocycles. The summed E-state index contributed by atoms with van der Waals surface area (Å²) < 4.78 is 5.71. The summed E-state index contributed by atoms with van der Waals surface area (Å²) in [7, 11) is 1.78. The third-order valence-corrected chi connectivity index (χ3v) is 4.75. The Balaban J connectivity index is 1.88. The number of carboxylic acids is 1. The highest BCUT2D eigenvalue weighted by molar-refractivity contribution is 6.33. The topological polar surface area (TPSA) is 91.5 Å². The van der Waals surface area contributed by atoms with Gasteiger partial charge in [-0.1, -0.05) is 18.5 Å². The molecule has 1 aliphatic heterocycles. The molecule has 0 bridgehead atoms. The molecular formula is C17H21ClN4O3. The van der Waals surface area contributed by atoms with Crippen LogP contribution in [0.4, 0.5) is 11.6 Å². The summed E-state index contributed by atoms with van der Waals surface area (Å²) in [4.78, 5) is 22.1. The molecule has 8 heteroatoms. The van der Waals surface area contributed by atoms with Crippen LogP contribution in [0.3, 0.4) is 0 Å². The summed E-state index contributed by atoms with van der Waals surface area (Å²) in [5, 5.41) is 12.7. The van der Waals surface area contributed by atoms with Crippen molar-refractivity contribution in [1.82, 2.24) is 9.97 Å². The summed E-state index contributed by atoms with van der Waals surface area (Å²) in [5.41, 5.74) is 0.705. The number of rotatable bonds is 5. The van der Waals surface area contributed by atoms with Gasteiger partial charge in [-0.05, 0) is 18.9 Å². The van der Waals surface area contributed by atoms with Gasteiger partial charge in [-0.2, -0.15) is 0 Å². The number of aryl methyl sites for hydroxylation is 1. The Morgan fingerprint density at radius 3 is 2.76 bits per heavy atom. The number of pyridine rings is 1. The molecule has 0 radical (unpaired) electrons. The van der Waals surface area contributed by atoms with E-state index in [9.17, 15) is 4.79 Å². The van der Waals surface area contributed by atoms with Crippen molar-refractivity contribution in [3.05, 3.63) is 23.0 Å². The van der Waals surface area contributed by atoms with Crippen LogP contribution < -0.4 is 10.2 Å². The van der Waals surface area contributed by atoms with E-state index < -0.39 is 5.97 Å². The normalized spacial score (nSPS) is 15.4. The molecule has 0 aromatic carbocycles. The lowest BCUT2D eigenvalue weighted by atomic mass is 9.97. The molecule has 2 aromatic heterocycles. The Morgan fingerprint density at radius 2 is 2.20 bits per heavy atom. The fourth-order valence-electron chi connectivity index (χ4n) is 2.99. The molecule has 1 fully saturated rings. The fraction of sp³-hybridized carbons (Fsp3) is 0.471. The number of carbonyl (C=O) groups is 1. The van der Waals surface area contributed by atoms with Gasteiger partial charge in [-0.25, -0.2) is 9.97 Å². The number of hydrogen-bond donors (Lipinski definition) is 2. The van der Waals surface area contributed by atoms with E-state index in [-0.39, 0.29) is 5.92 Å². The molecule has 7 nitrogen and oxygen atoms in total. The van der Waals surface area contributed by atoms with Crippen molar-refractivity contribution in [2.45, 2.75) is 26.2 Å². The smallest absolute Gasteiger partial charge is 0.306 e. The van der Waals surface area contributed by atoms with Crippen LogP contribution in [-0.2, 0) is 11.2 Å². The van der Waals surface area contributed by atoms with E-state index in [1.54, 1.807) is 19.3 Å². The second kappa shape index (κ2) is 7.31. The van der Waals surface area contributed by atoms with Gasteiger partial charge in [0.15, 0.2) is 0 Å². The molecule has 1 aliphatic rings. The van der Waals surface area contributed by atoms with E-state index in [2.05, 4.69) is 15.3 Å². The van der Waals surface area contributed by atoms with Crippen LogP contribution in [0, 0.1) is 5.92 Å². The number of anilines is 2. The molecule has 0 spiro atoms. The predicted octanol–water partition coefficient (Wildman–Crippen LogP) is 3.30. The molecule has 3 rings (SSSR count). The van der Waals surface area contributed by atoms with Gasteiger partial charge >= 0.3 is 5.97 Å². The molecule has 0 atom stereocenters. The Bertz CT molecular complexity index is 769. The zero-order valence-electron chi connectivity index (χ0n) is 14.3. The van der Waals surface area contributed by atoms with Crippen LogP contribution in [0.1, 0.15) is 25.5 Å². The van der Waals surface area contributed by atoms with Crippen molar-refractivity contribution >= 4 is 29.2 Å². The van der Waals surface area contributed by atoms with E-state index in [1.165, 1.54) is 0 Å².